The van der Waals surface area contributed by atoms with Crippen molar-refractivity contribution >= 4 is 5.97 Å². The van der Waals surface area contributed by atoms with Crippen molar-refractivity contribution in [2.24, 2.45) is 0 Å². The Morgan fingerprint density at radius 1 is 1.62 bits per heavy atom. The molecule has 2 rings (SSSR count). The summed E-state index contributed by atoms with van der Waals surface area (Å²) in [5, 5.41) is 8.79. The van der Waals surface area contributed by atoms with Gasteiger partial charge in [0.1, 0.15) is 0 Å². The van der Waals surface area contributed by atoms with Gasteiger partial charge in [0.25, 0.3) is 0 Å². The van der Waals surface area contributed by atoms with Crippen molar-refractivity contribution in [1.29, 1.82) is 0 Å². The van der Waals surface area contributed by atoms with E-state index in [0.717, 1.165) is 19.4 Å². The summed E-state index contributed by atoms with van der Waals surface area (Å²) in [6, 6.07) is 1.61. The largest absolute Gasteiger partial charge is 0.475 e. The maximum atomic E-state index is 10.7. The van der Waals surface area contributed by atoms with E-state index >= 15 is 0 Å². The Morgan fingerprint density at radius 3 is 3.19 bits per heavy atom. The molecule has 0 aliphatic carbocycles. The van der Waals surface area contributed by atoms with Crippen molar-refractivity contribution in [3.8, 4) is 0 Å². The molecule has 16 heavy (non-hydrogen) atoms. The maximum absolute atomic E-state index is 10.7. The molecule has 1 aromatic heterocycles. The fourth-order valence-corrected chi connectivity index (χ4v) is 1.71. The zero-order chi connectivity index (χ0) is 11.4. The second-order valence-electron chi connectivity index (χ2n) is 3.73. The van der Waals surface area contributed by atoms with Crippen LogP contribution in [0.4, 0.5) is 0 Å². The van der Waals surface area contributed by atoms with Gasteiger partial charge >= 0.3 is 5.97 Å². The van der Waals surface area contributed by atoms with Crippen molar-refractivity contribution < 1.29 is 23.8 Å². The van der Waals surface area contributed by atoms with E-state index in [9.17, 15) is 4.79 Å². The van der Waals surface area contributed by atoms with Crippen molar-refractivity contribution in [3.63, 3.8) is 0 Å². The van der Waals surface area contributed by atoms with Crippen LogP contribution in [0, 0.1) is 0 Å². The van der Waals surface area contributed by atoms with Crippen LogP contribution >= 0.6 is 0 Å². The molecule has 1 unspecified atom stereocenters. The first kappa shape index (κ1) is 11.2. The van der Waals surface area contributed by atoms with Crippen molar-refractivity contribution in [2.75, 3.05) is 13.2 Å². The molecule has 0 saturated carbocycles. The van der Waals surface area contributed by atoms with Gasteiger partial charge in [-0.05, 0) is 18.9 Å². The normalized spacial score (nSPS) is 20.1. The third kappa shape index (κ3) is 2.62. The highest BCUT2D eigenvalue weighted by atomic mass is 16.5. The first-order valence-corrected chi connectivity index (χ1v) is 5.26. The van der Waals surface area contributed by atoms with E-state index in [-0.39, 0.29) is 18.5 Å². The number of furan rings is 1. The van der Waals surface area contributed by atoms with Crippen molar-refractivity contribution in [3.05, 3.63) is 23.7 Å². The predicted octanol–water partition coefficient (Wildman–Crippen LogP) is 1.67. The molecule has 1 atom stereocenters. The molecule has 1 aliphatic rings. The van der Waals surface area contributed by atoms with Crippen molar-refractivity contribution in [2.45, 2.75) is 25.6 Å². The molecule has 1 fully saturated rings. The van der Waals surface area contributed by atoms with Crippen LogP contribution in [-0.4, -0.2) is 30.4 Å². The Labute approximate surface area is 93.0 Å². The van der Waals surface area contributed by atoms with E-state index in [1.54, 1.807) is 6.07 Å². The monoisotopic (exact) mass is 226 g/mol. The second kappa shape index (κ2) is 5.14. The topological polar surface area (TPSA) is 68.9 Å². The lowest BCUT2D eigenvalue weighted by Crippen LogP contribution is -2.14. The summed E-state index contributed by atoms with van der Waals surface area (Å²) in [6.07, 6.45) is 3.59. The number of carboxylic acids is 1. The molecule has 1 saturated heterocycles. The Kier molecular flexibility index (Phi) is 3.58. The minimum Gasteiger partial charge on any atom is -0.475 e. The lowest BCUT2D eigenvalue weighted by molar-refractivity contribution is 0.0100. The van der Waals surface area contributed by atoms with Crippen LogP contribution in [0.3, 0.4) is 0 Å². The van der Waals surface area contributed by atoms with Gasteiger partial charge in [-0.25, -0.2) is 4.79 Å². The maximum Gasteiger partial charge on any atom is 0.372 e. The molecule has 0 amide bonds. The zero-order valence-electron chi connectivity index (χ0n) is 8.85. The number of rotatable bonds is 5. The van der Waals surface area contributed by atoms with Gasteiger partial charge in [-0.2, -0.15) is 0 Å². The average Bonchev–Trinajstić information content (AvgIpc) is 2.87. The van der Waals surface area contributed by atoms with Crippen LogP contribution in [0.5, 0.6) is 0 Å². The van der Waals surface area contributed by atoms with Gasteiger partial charge in [-0.3, -0.25) is 0 Å². The Hall–Kier alpha value is -1.33. The lowest BCUT2D eigenvalue weighted by atomic mass is 10.2. The van der Waals surface area contributed by atoms with E-state index in [0.29, 0.717) is 12.2 Å². The number of hydrogen-bond donors (Lipinski definition) is 1. The van der Waals surface area contributed by atoms with Gasteiger partial charge in [-0.15, -0.1) is 0 Å². The minimum atomic E-state index is -1.07. The summed E-state index contributed by atoms with van der Waals surface area (Å²) in [7, 11) is 0. The van der Waals surface area contributed by atoms with E-state index in [1.807, 2.05) is 0 Å². The summed E-state index contributed by atoms with van der Waals surface area (Å²) >= 11 is 0. The molecule has 1 aromatic rings. The Balaban J connectivity index is 1.80. The molecule has 0 radical (unpaired) electrons. The molecule has 5 nitrogen and oxygen atoms in total. The van der Waals surface area contributed by atoms with Crippen LogP contribution in [0.2, 0.25) is 0 Å². The van der Waals surface area contributed by atoms with Crippen LogP contribution in [-0.2, 0) is 16.1 Å². The third-order valence-corrected chi connectivity index (χ3v) is 2.53. The van der Waals surface area contributed by atoms with Crippen molar-refractivity contribution in [1.82, 2.24) is 0 Å². The molecule has 0 bridgehead atoms. The highest BCUT2D eigenvalue weighted by Gasteiger charge is 2.17. The minimum absolute atomic E-state index is 0.0488. The Bertz CT molecular complexity index is 351. The van der Waals surface area contributed by atoms with Crippen LogP contribution in [0.1, 0.15) is 29.0 Å². The number of ether oxygens (including phenoxy) is 2. The van der Waals surface area contributed by atoms with Gasteiger partial charge in [-0.1, -0.05) is 0 Å². The molecular formula is C11H14O5. The standard InChI is InChI=1S/C11H14O5/c12-11(13)10-8(3-5-16-10)6-14-7-9-2-1-4-15-9/h3,5,9H,1-2,4,6-7H2,(H,12,13). The number of aromatic carboxylic acids is 1. The van der Waals surface area contributed by atoms with Crippen LogP contribution < -0.4 is 0 Å². The smallest absolute Gasteiger partial charge is 0.372 e. The van der Waals surface area contributed by atoms with E-state index in [1.165, 1.54) is 6.26 Å². The Morgan fingerprint density at radius 2 is 2.50 bits per heavy atom. The molecule has 1 N–H and O–H groups in total. The first-order chi connectivity index (χ1) is 7.77. The quantitative estimate of drug-likeness (QED) is 0.827. The molecule has 5 heteroatoms. The fraction of sp³-hybridized carbons (Fsp3) is 0.545. The third-order valence-electron chi connectivity index (χ3n) is 2.53. The van der Waals surface area contributed by atoms with Gasteiger partial charge in [0, 0.05) is 12.2 Å². The highest BCUT2D eigenvalue weighted by Crippen LogP contribution is 2.15. The zero-order valence-corrected chi connectivity index (χ0v) is 8.85. The van der Waals surface area contributed by atoms with Gasteiger partial charge in [0.05, 0.1) is 25.6 Å². The van der Waals surface area contributed by atoms with Gasteiger partial charge in [0.2, 0.25) is 5.76 Å². The molecular weight excluding hydrogens is 212 g/mol. The summed E-state index contributed by atoms with van der Waals surface area (Å²) in [6.45, 7) is 1.54. The highest BCUT2D eigenvalue weighted by molar-refractivity contribution is 5.85. The van der Waals surface area contributed by atoms with Gasteiger partial charge < -0.3 is 19.0 Å². The summed E-state index contributed by atoms with van der Waals surface area (Å²) in [5.74, 6) is -1.12. The SMILES string of the molecule is O=C(O)c1occc1COCC1CCCO1. The number of carboxylic acid groups (broad SMARTS) is 1. The summed E-state index contributed by atoms with van der Waals surface area (Å²) < 4.78 is 15.6. The van der Waals surface area contributed by atoms with Crippen LogP contribution in [0.25, 0.3) is 0 Å². The summed E-state index contributed by atoms with van der Waals surface area (Å²) in [5.41, 5.74) is 0.561. The molecule has 0 aromatic carbocycles. The lowest BCUT2D eigenvalue weighted by Gasteiger charge is -2.09. The molecule has 1 aliphatic heterocycles. The first-order valence-electron chi connectivity index (χ1n) is 5.26. The predicted molar refractivity (Wildman–Crippen MR) is 54.3 cm³/mol. The molecule has 2 heterocycles. The fourth-order valence-electron chi connectivity index (χ4n) is 1.71. The molecule has 88 valence electrons. The van der Waals surface area contributed by atoms with E-state index in [4.69, 9.17) is 19.0 Å². The van der Waals surface area contributed by atoms with Gasteiger partial charge in [0.15, 0.2) is 0 Å². The second-order valence-corrected chi connectivity index (χ2v) is 3.73. The molecule has 0 spiro atoms. The summed E-state index contributed by atoms with van der Waals surface area (Å²) in [4.78, 5) is 10.7. The average molecular weight is 226 g/mol. The van der Waals surface area contributed by atoms with E-state index < -0.39 is 5.97 Å². The van der Waals surface area contributed by atoms with Crippen LogP contribution in [0.15, 0.2) is 16.7 Å². The number of hydrogen-bond acceptors (Lipinski definition) is 4. The number of carbonyl (C=O) groups is 1. The van der Waals surface area contributed by atoms with E-state index in [2.05, 4.69) is 0 Å².